The Morgan fingerprint density at radius 3 is 1.84 bits per heavy atom. The molecule has 0 bridgehead atoms. The molecule has 6 nitrogen and oxygen atoms in total. The third-order valence-corrected chi connectivity index (χ3v) is 15.5. The fraction of sp³-hybridized carbons (Fsp3) is 0.258. The van der Waals surface area contributed by atoms with Crippen LogP contribution in [0.2, 0.25) is 19.6 Å². The summed E-state index contributed by atoms with van der Waals surface area (Å²) in [7, 11) is -1.41. The molecule has 0 atom stereocenters. The van der Waals surface area contributed by atoms with Crippen molar-refractivity contribution >= 4 is 46.2 Å². The Morgan fingerprint density at radius 1 is 0.597 bits per heavy atom. The van der Waals surface area contributed by atoms with Crippen LogP contribution in [-0.2, 0) is 31.2 Å². The minimum absolute atomic E-state index is 0. The number of hydrogen-bond acceptors (Lipinski definition) is 5. The molecule has 10 aromatic rings. The number of benzene rings is 6. The standard InChI is InChI=1S/C48H49N4OSi.C14H7F7N.Ir/c1-29(2)38-26-33(31-18-21-34(22-19-31)54(8,9)10)27-39(30(3)4)44(38)52-42-17-12-11-16-41(42)50-46(52)37-15-13-14-36-35-23-20-32(28-43(35)53-45(36)37)40-24-25-49-47(51-40)48(5,6)7;15-12(13(16,17)18,14(19,20)21)10-6-7-22-11(8-10)9-4-2-1-3-5-9;/h11-14,16-30H,1-10H3;1-4,6-8H;/q2*-1;. The van der Waals surface area contributed by atoms with E-state index in [1.54, 1.807) is 6.07 Å². The summed E-state index contributed by atoms with van der Waals surface area (Å²) in [4.78, 5) is 18.5. The summed E-state index contributed by atoms with van der Waals surface area (Å²) in [5, 5.41) is 3.56. The van der Waals surface area contributed by atoms with Gasteiger partial charge in [-0.2, -0.15) is 26.3 Å². The maximum Gasteiger partial charge on any atom is 0.435 e. The molecule has 6 aromatic carbocycles. The normalized spacial score (nSPS) is 12.6. The van der Waals surface area contributed by atoms with E-state index in [4.69, 9.17) is 14.4 Å². The first-order valence-electron chi connectivity index (χ1n) is 25.0. The predicted molar refractivity (Wildman–Crippen MR) is 292 cm³/mol. The number of nitrogens with zero attached hydrogens (tertiary/aromatic N) is 5. The molecule has 0 saturated heterocycles. The Hall–Kier alpha value is -6.80. The quantitative estimate of drug-likeness (QED) is 0.0818. The van der Waals surface area contributed by atoms with Crippen molar-refractivity contribution in [3.8, 4) is 50.7 Å². The van der Waals surface area contributed by atoms with E-state index in [0.29, 0.717) is 18.3 Å². The first-order chi connectivity index (χ1) is 35.8. The van der Waals surface area contributed by atoms with Gasteiger partial charge in [-0.3, -0.25) is 4.98 Å². The third kappa shape index (κ3) is 10.9. The molecule has 0 aliphatic heterocycles. The number of halogens is 7. The van der Waals surface area contributed by atoms with Crippen LogP contribution in [0.15, 0.2) is 150 Å². The van der Waals surface area contributed by atoms with Gasteiger partial charge in [-0.25, -0.2) is 14.4 Å². The molecule has 77 heavy (non-hydrogen) atoms. The first-order valence-corrected chi connectivity index (χ1v) is 28.5. The van der Waals surface area contributed by atoms with Crippen LogP contribution in [-0.4, -0.2) is 44.9 Å². The van der Waals surface area contributed by atoms with E-state index >= 15 is 0 Å². The molecular weight excluding hydrogens is 1180 g/mol. The van der Waals surface area contributed by atoms with Gasteiger partial charge in [0, 0.05) is 60.1 Å². The molecule has 4 heterocycles. The van der Waals surface area contributed by atoms with Crippen molar-refractivity contribution in [2.75, 3.05) is 0 Å². The number of alkyl halides is 7. The van der Waals surface area contributed by atoms with E-state index in [1.807, 2.05) is 18.3 Å². The van der Waals surface area contributed by atoms with Crippen molar-refractivity contribution in [2.24, 2.45) is 0 Å². The zero-order valence-corrected chi connectivity index (χ0v) is 47.5. The zero-order chi connectivity index (χ0) is 54.7. The Morgan fingerprint density at radius 2 is 1.23 bits per heavy atom. The Bertz CT molecular complexity index is 3700. The molecule has 4 aromatic heterocycles. The van der Waals surface area contributed by atoms with Crippen molar-refractivity contribution in [3.05, 3.63) is 181 Å². The maximum absolute atomic E-state index is 13.9. The minimum atomic E-state index is -6.15. The summed E-state index contributed by atoms with van der Waals surface area (Å²) in [6, 6.07) is 47.8. The number of furan rings is 1. The largest absolute Gasteiger partial charge is 0.501 e. The summed E-state index contributed by atoms with van der Waals surface area (Å²) in [5.41, 5.74) is 5.26. The van der Waals surface area contributed by atoms with Crippen LogP contribution in [0.3, 0.4) is 0 Å². The van der Waals surface area contributed by atoms with Gasteiger partial charge in [0.1, 0.15) is 11.4 Å². The van der Waals surface area contributed by atoms with Crippen molar-refractivity contribution < 1.29 is 55.3 Å². The van der Waals surface area contributed by atoms with E-state index in [9.17, 15) is 30.7 Å². The third-order valence-electron chi connectivity index (χ3n) is 13.5. The molecule has 0 aliphatic rings. The fourth-order valence-electron chi connectivity index (χ4n) is 9.35. The van der Waals surface area contributed by atoms with Gasteiger partial charge in [0.15, 0.2) is 0 Å². The minimum Gasteiger partial charge on any atom is -0.501 e. The zero-order valence-electron chi connectivity index (χ0n) is 44.1. The second kappa shape index (κ2) is 21.2. The summed E-state index contributed by atoms with van der Waals surface area (Å²) < 4.78 is 99.3. The van der Waals surface area contributed by atoms with Crippen molar-refractivity contribution in [1.82, 2.24) is 24.5 Å². The Balaban J connectivity index is 0.000000287. The molecule has 10 rings (SSSR count). The maximum atomic E-state index is 13.9. The van der Waals surface area contributed by atoms with Gasteiger partial charge < -0.3 is 14.0 Å². The van der Waals surface area contributed by atoms with Gasteiger partial charge in [-0.1, -0.05) is 139 Å². The van der Waals surface area contributed by atoms with E-state index in [1.165, 1.54) is 51.3 Å². The van der Waals surface area contributed by atoms with Gasteiger partial charge in [0.2, 0.25) is 0 Å². The molecule has 1 radical (unpaired) electrons. The fourth-order valence-corrected chi connectivity index (χ4v) is 10.5. The van der Waals surface area contributed by atoms with Gasteiger partial charge in [0.25, 0.3) is 0 Å². The van der Waals surface area contributed by atoms with Gasteiger partial charge >= 0.3 is 18.0 Å². The van der Waals surface area contributed by atoms with Crippen LogP contribution in [0.25, 0.3) is 83.7 Å². The van der Waals surface area contributed by atoms with E-state index in [2.05, 4.69) is 180 Å². The molecule has 0 spiro atoms. The molecule has 0 fully saturated rings. The van der Waals surface area contributed by atoms with Crippen LogP contribution in [0.5, 0.6) is 0 Å². The molecule has 0 amide bonds. The van der Waals surface area contributed by atoms with Gasteiger partial charge in [-0.05, 0) is 82.2 Å². The van der Waals surface area contributed by atoms with E-state index in [0.717, 1.165) is 61.4 Å². The molecule has 15 heteroatoms. The summed E-state index contributed by atoms with van der Waals surface area (Å²) in [6.45, 7) is 22.8. The van der Waals surface area contributed by atoms with Crippen molar-refractivity contribution in [2.45, 2.75) is 103 Å². The number of imidazole rings is 1. The SMILES string of the molecule is CC(C)c1cc(-c2ccc([Si](C)(C)C)cc2)cc(C(C)C)c1-n1c(-c2[c-]ccc3c2oc2cc(-c4ccnc(C(C)(C)C)n4)ccc23)nc2ccccc21.FC(F)(F)C(F)(c1ccnc(-c2[c-]cccc2)c1)C(F)(F)F.[Ir]. The summed E-state index contributed by atoms with van der Waals surface area (Å²) in [6.07, 6.45) is -9.76. The summed E-state index contributed by atoms with van der Waals surface area (Å²) in [5.74, 6) is 2.16. The monoisotopic (exact) mass is 1240 g/mol. The molecule has 399 valence electrons. The van der Waals surface area contributed by atoms with Crippen molar-refractivity contribution in [3.63, 3.8) is 0 Å². The number of fused-ring (bicyclic) bond motifs is 4. The van der Waals surface area contributed by atoms with Gasteiger partial charge in [0.05, 0.1) is 36.2 Å². The van der Waals surface area contributed by atoms with Crippen LogP contribution in [0.1, 0.15) is 82.8 Å². The average molecular weight is 1240 g/mol. The first kappa shape index (κ1) is 56.4. The Kier molecular flexibility index (Phi) is 15.5. The molecule has 0 unspecified atom stereocenters. The predicted octanol–water partition coefficient (Wildman–Crippen LogP) is 17.4. The number of hydrogen-bond donors (Lipinski definition) is 0. The smallest absolute Gasteiger partial charge is 0.435 e. The van der Waals surface area contributed by atoms with Crippen LogP contribution in [0, 0.1) is 12.1 Å². The van der Waals surface area contributed by atoms with Crippen LogP contribution in [0.4, 0.5) is 30.7 Å². The molecule has 0 saturated carbocycles. The van der Waals surface area contributed by atoms with E-state index < -0.39 is 31.7 Å². The van der Waals surface area contributed by atoms with E-state index in [-0.39, 0.29) is 48.6 Å². The van der Waals surface area contributed by atoms with Crippen LogP contribution >= 0.6 is 0 Å². The Labute approximate surface area is 458 Å². The van der Waals surface area contributed by atoms with Gasteiger partial charge in [-0.15, -0.1) is 54.1 Å². The molecule has 0 aliphatic carbocycles. The van der Waals surface area contributed by atoms with Crippen LogP contribution < -0.4 is 5.19 Å². The second-order valence-electron chi connectivity index (χ2n) is 21.7. The summed E-state index contributed by atoms with van der Waals surface area (Å²) >= 11 is 0. The number of pyridine rings is 1. The average Bonchev–Trinajstić information content (AvgIpc) is 3.98. The molecular formula is C62H56F7IrN5OSi-2. The number of rotatable bonds is 9. The second-order valence-corrected chi connectivity index (χ2v) is 26.8. The number of aromatic nitrogens is 5. The topological polar surface area (TPSA) is 69.6 Å². The number of para-hydroxylation sites is 2. The molecule has 0 N–H and O–H groups in total. The van der Waals surface area contributed by atoms with Crippen molar-refractivity contribution in [1.29, 1.82) is 0 Å².